The molecule has 0 aliphatic rings. The molecule has 94 valence electrons. The van der Waals surface area contributed by atoms with E-state index in [2.05, 4.69) is 0 Å². The summed E-state index contributed by atoms with van der Waals surface area (Å²) in [6.07, 6.45) is -0.825. The standard InChI is InChI=1S/C13H18O4/c1-4-16-13(15)10(3)17-9(2)11-5-7-12(14)8-6-11/h5-10,14H,4H2,1-3H3. The fourth-order valence-electron chi connectivity index (χ4n) is 1.45. The van der Waals surface area contributed by atoms with Gasteiger partial charge in [0, 0.05) is 0 Å². The Morgan fingerprint density at radius 3 is 2.41 bits per heavy atom. The first-order valence-corrected chi connectivity index (χ1v) is 5.65. The molecule has 0 aromatic heterocycles. The maximum absolute atomic E-state index is 11.4. The van der Waals surface area contributed by atoms with Crippen LogP contribution in [0.5, 0.6) is 5.75 Å². The first kappa shape index (κ1) is 13.5. The lowest BCUT2D eigenvalue weighted by atomic mass is 10.1. The molecule has 0 aliphatic carbocycles. The van der Waals surface area contributed by atoms with Gasteiger partial charge >= 0.3 is 5.97 Å². The van der Waals surface area contributed by atoms with Gasteiger partial charge in [-0.1, -0.05) is 12.1 Å². The van der Waals surface area contributed by atoms with Gasteiger partial charge in [0.2, 0.25) is 0 Å². The van der Waals surface area contributed by atoms with Crippen molar-refractivity contribution in [2.45, 2.75) is 33.0 Å². The highest BCUT2D eigenvalue weighted by molar-refractivity contribution is 5.74. The van der Waals surface area contributed by atoms with E-state index in [0.717, 1.165) is 5.56 Å². The highest BCUT2D eigenvalue weighted by atomic mass is 16.6. The van der Waals surface area contributed by atoms with Gasteiger partial charge in [-0.15, -0.1) is 0 Å². The predicted octanol–water partition coefficient (Wildman–Crippen LogP) is 2.42. The van der Waals surface area contributed by atoms with E-state index in [1.54, 1.807) is 38.1 Å². The Morgan fingerprint density at radius 1 is 1.29 bits per heavy atom. The van der Waals surface area contributed by atoms with Crippen LogP contribution < -0.4 is 0 Å². The normalized spacial score (nSPS) is 14.1. The molecule has 0 bridgehead atoms. The van der Waals surface area contributed by atoms with Crippen LogP contribution in [0.3, 0.4) is 0 Å². The van der Waals surface area contributed by atoms with E-state index in [1.807, 2.05) is 6.92 Å². The Labute approximate surface area is 101 Å². The largest absolute Gasteiger partial charge is 0.508 e. The van der Waals surface area contributed by atoms with Gasteiger partial charge in [-0.05, 0) is 38.5 Å². The summed E-state index contributed by atoms with van der Waals surface area (Å²) in [5.41, 5.74) is 0.902. The Kier molecular flexibility index (Phi) is 4.97. The third-order valence-corrected chi connectivity index (χ3v) is 2.39. The van der Waals surface area contributed by atoms with Crippen LogP contribution in [0, 0.1) is 0 Å². The quantitative estimate of drug-likeness (QED) is 0.800. The molecule has 0 amide bonds. The monoisotopic (exact) mass is 238 g/mol. The van der Waals surface area contributed by atoms with Crippen molar-refractivity contribution in [1.29, 1.82) is 0 Å². The highest BCUT2D eigenvalue weighted by Crippen LogP contribution is 2.21. The molecule has 0 spiro atoms. The van der Waals surface area contributed by atoms with Crippen LogP contribution >= 0.6 is 0 Å². The summed E-state index contributed by atoms with van der Waals surface area (Å²) in [5, 5.41) is 9.16. The molecular formula is C13H18O4. The number of benzene rings is 1. The molecule has 0 radical (unpaired) electrons. The van der Waals surface area contributed by atoms with E-state index >= 15 is 0 Å². The Bertz CT molecular complexity index is 358. The van der Waals surface area contributed by atoms with Crippen LogP contribution in [-0.4, -0.2) is 23.8 Å². The number of esters is 1. The molecule has 2 atom stereocenters. The average Bonchev–Trinajstić information content (AvgIpc) is 2.30. The number of carbonyl (C=O) groups excluding carboxylic acids is 1. The number of ether oxygens (including phenoxy) is 2. The summed E-state index contributed by atoms with van der Waals surface area (Å²) in [6, 6.07) is 6.70. The van der Waals surface area contributed by atoms with Crippen LogP contribution in [0.15, 0.2) is 24.3 Å². The zero-order valence-electron chi connectivity index (χ0n) is 10.3. The number of phenols is 1. The molecule has 2 unspecified atom stereocenters. The van der Waals surface area contributed by atoms with Gasteiger partial charge in [0.25, 0.3) is 0 Å². The van der Waals surface area contributed by atoms with Crippen molar-refractivity contribution in [3.8, 4) is 5.75 Å². The van der Waals surface area contributed by atoms with E-state index in [0.29, 0.717) is 6.61 Å². The number of phenolic OH excluding ortho intramolecular Hbond substituents is 1. The van der Waals surface area contributed by atoms with Crippen LogP contribution in [0.4, 0.5) is 0 Å². The maximum atomic E-state index is 11.4. The zero-order valence-corrected chi connectivity index (χ0v) is 10.3. The van der Waals surface area contributed by atoms with Crippen molar-refractivity contribution in [3.63, 3.8) is 0 Å². The van der Waals surface area contributed by atoms with Crippen LogP contribution in [-0.2, 0) is 14.3 Å². The van der Waals surface area contributed by atoms with Crippen molar-refractivity contribution >= 4 is 5.97 Å². The third-order valence-electron chi connectivity index (χ3n) is 2.39. The van der Waals surface area contributed by atoms with E-state index < -0.39 is 6.10 Å². The minimum Gasteiger partial charge on any atom is -0.508 e. The summed E-state index contributed by atoms with van der Waals surface area (Å²) in [4.78, 5) is 11.4. The average molecular weight is 238 g/mol. The second kappa shape index (κ2) is 6.25. The fourth-order valence-corrected chi connectivity index (χ4v) is 1.45. The Balaban J connectivity index is 2.56. The molecule has 0 aliphatic heterocycles. The molecule has 0 fully saturated rings. The molecular weight excluding hydrogens is 220 g/mol. The van der Waals surface area contributed by atoms with E-state index in [4.69, 9.17) is 14.6 Å². The van der Waals surface area contributed by atoms with Gasteiger partial charge in [0.15, 0.2) is 6.10 Å². The number of aromatic hydroxyl groups is 1. The van der Waals surface area contributed by atoms with Crippen molar-refractivity contribution < 1.29 is 19.4 Å². The second-order valence-electron chi connectivity index (χ2n) is 3.76. The van der Waals surface area contributed by atoms with Crippen LogP contribution in [0.25, 0.3) is 0 Å². The van der Waals surface area contributed by atoms with Gasteiger partial charge in [-0.2, -0.15) is 0 Å². The molecule has 1 N–H and O–H groups in total. The summed E-state index contributed by atoms with van der Waals surface area (Å²) in [5.74, 6) is -0.155. The van der Waals surface area contributed by atoms with E-state index in [-0.39, 0.29) is 17.8 Å². The molecule has 17 heavy (non-hydrogen) atoms. The van der Waals surface area contributed by atoms with Gasteiger partial charge in [0.1, 0.15) is 5.75 Å². The smallest absolute Gasteiger partial charge is 0.334 e. The molecule has 4 nitrogen and oxygen atoms in total. The first-order valence-electron chi connectivity index (χ1n) is 5.65. The lowest BCUT2D eigenvalue weighted by Gasteiger charge is -2.18. The zero-order chi connectivity index (χ0) is 12.8. The number of hydrogen-bond donors (Lipinski definition) is 1. The molecule has 0 saturated heterocycles. The summed E-state index contributed by atoms with van der Waals surface area (Å²) < 4.78 is 10.4. The Morgan fingerprint density at radius 2 is 1.88 bits per heavy atom. The van der Waals surface area contributed by atoms with E-state index in [9.17, 15) is 4.79 Å². The summed E-state index contributed by atoms with van der Waals surface area (Å²) >= 11 is 0. The molecule has 0 saturated carbocycles. The van der Waals surface area contributed by atoms with Gasteiger partial charge < -0.3 is 14.6 Å². The first-order chi connectivity index (χ1) is 8.04. The topological polar surface area (TPSA) is 55.8 Å². The summed E-state index contributed by atoms with van der Waals surface area (Å²) in [6.45, 7) is 5.62. The number of rotatable bonds is 5. The SMILES string of the molecule is CCOC(=O)C(C)OC(C)c1ccc(O)cc1. The van der Waals surface area contributed by atoms with Crippen LogP contribution in [0.2, 0.25) is 0 Å². The molecule has 1 rings (SSSR count). The van der Waals surface area contributed by atoms with Crippen molar-refractivity contribution in [2.24, 2.45) is 0 Å². The van der Waals surface area contributed by atoms with Gasteiger partial charge in [-0.3, -0.25) is 0 Å². The van der Waals surface area contributed by atoms with Gasteiger partial charge in [0.05, 0.1) is 12.7 Å². The van der Waals surface area contributed by atoms with Crippen LogP contribution in [0.1, 0.15) is 32.4 Å². The minimum atomic E-state index is -0.598. The fraction of sp³-hybridized carbons (Fsp3) is 0.462. The van der Waals surface area contributed by atoms with Crippen molar-refractivity contribution in [1.82, 2.24) is 0 Å². The van der Waals surface area contributed by atoms with E-state index in [1.165, 1.54) is 0 Å². The lowest BCUT2D eigenvalue weighted by Crippen LogP contribution is -2.24. The van der Waals surface area contributed by atoms with Crippen molar-refractivity contribution in [2.75, 3.05) is 6.61 Å². The molecule has 4 heteroatoms. The van der Waals surface area contributed by atoms with Gasteiger partial charge in [-0.25, -0.2) is 4.79 Å². The molecule has 1 aromatic carbocycles. The third kappa shape index (κ3) is 4.07. The Hall–Kier alpha value is -1.55. The van der Waals surface area contributed by atoms with Crippen molar-refractivity contribution in [3.05, 3.63) is 29.8 Å². The second-order valence-corrected chi connectivity index (χ2v) is 3.76. The summed E-state index contributed by atoms with van der Waals surface area (Å²) in [7, 11) is 0. The number of carbonyl (C=O) groups is 1. The minimum absolute atomic E-state index is 0.208. The molecule has 0 heterocycles. The number of hydrogen-bond acceptors (Lipinski definition) is 4. The maximum Gasteiger partial charge on any atom is 0.334 e. The highest BCUT2D eigenvalue weighted by Gasteiger charge is 2.18. The molecule has 1 aromatic rings. The lowest BCUT2D eigenvalue weighted by molar-refractivity contribution is -0.158. The predicted molar refractivity (Wildman–Crippen MR) is 63.7 cm³/mol.